The molecule has 244 valence electrons. The molecule has 1 saturated carbocycles. The molecule has 2 aromatic rings. The topological polar surface area (TPSA) is 151 Å². The third kappa shape index (κ3) is 10.1. The van der Waals surface area contributed by atoms with Crippen molar-refractivity contribution in [2.45, 2.75) is 38.2 Å². The number of pyridine rings is 1. The third-order valence-electron chi connectivity index (χ3n) is 7.36. The molecule has 2 atom stereocenters. The van der Waals surface area contributed by atoms with Crippen LogP contribution in [0.25, 0.3) is 0 Å². The van der Waals surface area contributed by atoms with Gasteiger partial charge in [0, 0.05) is 63.5 Å². The Balaban J connectivity index is 0.000000317. The molecule has 3 fully saturated rings. The number of carboxylic acids is 2. The van der Waals surface area contributed by atoms with Crippen molar-refractivity contribution >= 4 is 17.8 Å². The van der Waals surface area contributed by atoms with Crippen LogP contribution >= 0.6 is 0 Å². The van der Waals surface area contributed by atoms with E-state index in [2.05, 4.69) is 20.0 Å². The Bertz CT molecular complexity index is 1250. The molecule has 1 amide bonds. The van der Waals surface area contributed by atoms with Crippen molar-refractivity contribution in [3.63, 3.8) is 0 Å². The van der Waals surface area contributed by atoms with Gasteiger partial charge in [-0.15, -0.1) is 5.10 Å². The Kier molecular flexibility index (Phi) is 11.3. The zero-order valence-electron chi connectivity index (χ0n) is 23.6. The standard InChI is InChI=1S/C22H30N6O2.2C2HF3O2/c1-26-16-24-20(25-26)21(29)28-8-6-22(15-28)14-27(10-17-4-5-17)11-19(22)13-30-12-18-3-2-7-23-9-18;2*3-2(4,5)1(6)7/h2-3,7,9,16-17,19H,4-6,8,10-15H2,1H3;2*(H,6,7)/t19-,22-;;/m1../s1. The van der Waals surface area contributed by atoms with Gasteiger partial charge >= 0.3 is 24.3 Å². The number of aryl methyl sites for hydroxylation is 1. The summed E-state index contributed by atoms with van der Waals surface area (Å²) in [5.41, 5.74) is 1.21. The number of rotatable bonds is 7. The molecular weight excluding hydrogens is 606 g/mol. The van der Waals surface area contributed by atoms with Crippen LogP contribution in [-0.4, -0.2) is 109 Å². The lowest BCUT2D eigenvalue weighted by molar-refractivity contribution is -0.193. The number of aromatic nitrogens is 4. The summed E-state index contributed by atoms with van der Waals surface area (Å²) in [5.74, 6) is -3.97. The minimum absolute atomic E-state index is 0.0526. The van der Waals surface area contributed by atoms with E-state index in [0.29, 0.717) is 18.3 Å². The van der Waals surface area contributed by atoms with Gasteiger partial charge in [0.2, 0.25) is 5.82 Å². The van der Waals surface area contributed by atoms with Crippen molar-refractivity contribution in [3.05, 3.63) is 42.2 Å². The molecular formula is C26H32F6N6O6. The summed E-state index contributed by atoms with van der Waals surface area (Å²) in [4.78, 5) is 43.6. The fourth-order valence-electron chi connectivity index (χ4n) is 5.09. The first-order chi connectivity index (χ1) is 20.5. The smallest absolute Gasteiger partial charge is 0.475 e. The fourth-order valence-corrected chi connectivity index (χ4v) is 5.09. The highest BCUT2D eigenvalue weighted by Crippen LogP contribution is 2.45. The van der Waals surface area contributed by atoms with Crippen molar-refractivity contribution < 1.29 is 55.7 Å². The lowest BCUT2D eigenvalue weighted by Crippen LogP contribution is -2.38. The second-order valence-electron chi connectivity index (χ2n) is 10.9. The van der Waals surface area contributed by atoms with Crippen LogP contribution in [0.15, 0.2) is 30.9 Å². The van der Waals surface area contributed by atoms with E-state index < -0.39 is 24.3 Å². The average molecular weight is 639 g/mol. The van der Waals surface area contributed by atoms with Gasteiger partial charge in [0.1, 0.15) is 6.33 Å². The molecule has 1 spiro atoms. The molecule has 18 heteroatoms. The predicted molar refractivity (Wildman–Crippen MR) is 138 cm³/mol. The van der Waals surface area contributed by atoms with Gasteiger partial charge in [-0.25, -0.2) is 14.6 Å². The lowest BCUT2D eigenvalue weighted by atomic mass is 9.77. The highest BCUT2D eigenvalue weighted by atomic mass is 19.4. The Morgan fingerprint density at radius 2 is 1.70 bits per heavy atom. The number of hydrogen-bond donors (Lipinski definition) is 2. The van der Waals surface area contributed by atoms with Crippen LogP contribution in [0, 0.1) is 17.3 Å². The van der Waals surface area contributed by atoms with Crippen LogP contribution in [0.3, 0.4) is 0 Å². The molecule has 4 heterocycles. The maximum atomic E-state index is 12.9. The average Bonchev–Trinajstić information content (AvgIpc) is 3.33. The van der Waals surface area contributed by atoms with Gasteiger partial charge in [0.15, 0.2) is 0 Å². The number of amides is 1. The Morgan fingerprint density at radius 3 is 2.20 bits per heavy atom. The molecule has 1 aliphatic carbocycles. The number of nitrogens with zero attached hydrogens (tertiary/aromatic N) is 6. The summed E-state index contributed by atoms with van der Waals surface area (Å²) in [7, 11) is 1.79. The van der Waals surface area contributed by atoms with E-state index in [1.807, 2.05) is 23.2 Å². The van der Waals surface area contributed by atoms with Crippen LogP contribution < -0.4 is 0 Å². The summed E-state index contributed by atoms with van der Waals surface area (Å²) in [6.07, 6.45) is -1.19. The second-order valence-corrected chi connectivity index (χ2v) is 10.9. The van der Waals surface area contributed by atoms with Gasteiger partial charge < -0.3 is 24.7 Å². The SMILES string of the molecule is Cn1cnc(C(=O)N2CC[C@@]3(CN(CC4CC4)C[C@@H]3COCc3cccnc3)C2)n1.O=C(O)C(F)(F)F.O=C(O)C(F)(F)F. The molecule has 44 heavy (non-hydrogen) atoms. The van der Waals surface area contributed by atoms with E-state index >= 15 is 0 Å². The monoisotopic (exact) mass is 638 g/mol. The number of aliphatic carboxylic acids is 2. The number of likely N-dealkylation sites (tertiary alicyclic amines) is 2. The van der Waals surface area contributed by atoms with Gasteiger partial charge in [0.25, 0.3) is 5.91 Å². The van der Waals surface area contributed by atoms with Crippen molar-refractivity contribution in [2.75, 3.05) is 39.3 Å². The molecule has 2 saturated heterocycles. The molecule has 0 aromatic carbocycles. The van der Waals surface area contributed by atoms with Crippen molar-refractivity contribution in [1.29, 1.82) is 0 Å². The fraction of sp³-hybridized carbons (Fsp3) is 0.615. The van der Waals surface area contributed by atoms with E-state index in [-0.39, 0.29) is 11.3 Å². The first kappa shape index (κ1) is 34.7. The first-order valence-corrected chi connectivity index (χ1v) is 13.4. The normalized spacial score (nSPS) is 21.8. The number of hydrogen-bond acceptors (Lipinski definition) is 8. The van der Waals surface area contributed by atoms with E-state index in [4.69, 9.17) is 24.5 Å². The lowest BCUT2D eigenvalue weighted by Gasteiger charge is -2.30. The van der Waals surface area contributed by atoms with Crippen LogP contribution in [0.1, 0.15) is 35.4 Å². The summed E-state index contributed by atoms with van der Waals surface area (Å²) in [5, 5.41) is 18.5. The van der Waals surface area contributed by atoms with Gasteiger partial charge in [-0.3, -0.25) is 14.5 Å². The third-order valence-corrected chi connectivity index (χ3v) is 7.36. The maximum Gasteiger partial charge on any atom is 0.490 e. The van der Waals surface area contributed by atoms with E-state index in [1.54, 1.807) is 24.3 Å². The first-order valence-electron chi connectivity index (χ1n) is 13.4. The van der Waals surface area contributed by atoms with Crippen molar-refractivity contribution in [1.82, 2.24) is 29.5 Å². The number of carbonyl (C=O) groups is 3. The molecule has 2 N–H and O–H groups in total. The summed E-state index contributed by atoms with van der Waals surface area (Å²) >= 11 is 0. The Labute approximate surface area is 247 Å². The van der Waals surface area contributed by atoms with Gasteiger partial charge in [0.05, 0.1) is 13.2 Å². The largest absolute Gasteiger partial charge is 0.490 e. The number of ether oxygens (including phenoxy) is 1. The Hall–Kier alpha value is -3.80. The van der Waals surface area contributed by atoms with Crippen LogP contribution in [0.4, 0.5) is 26.3 Å². The van der Waals surface area contributed by atoms with Crippen LogP contribution in [0.5, 0.6) is 0 Å². The minimum atomic E-state index is -5.08. The number of halogens is 6. The number of carbonyl (C=O) groups excluding carboxylic acids is 1. The number of carboxylic acid groups (broad SMARTS) is 2. The Morgan fingerprint density at radius 1 is 1.07 bits per heavy atom. The van der Waals surface area contributed by atoms with E-state index in [0.717, 1.165) is 50.7 Å². The zero-order valence-corrected chi connectivity index (χ0v) is 23.6. The molecule has 0 bridgehead atoms. The summed E-state index contributed by atoms with van der Waals surface area (Å²) < 4.78 is 71.2. The van der Waals surface area contributed by atoms with Crippen molar-refractivity contribution in [3.8, 4) is 0 Å². The van der Waals surface area contributed by atoms with E-state index in [1.165, 1.54) is 19.4 Å². The van der Waals surface area contributed by atoms with Crippen molar-refractivity contribution in [2.24, 2.45) is 24.3 Å². The molecule has 5 rings (SSSR count). The molecule has 2 aromatic heterocycles. The van der Waals surface area contributed by atoms with Gasteiger partial charge in [-0.1, -0.05) is 6.07 Å². The van der Waals surface area contributed by atoms with Crippen LogP contribution in [0.2, 0.25) is 0 Å². The summed E-state index contributed by atoms with van der Waals surface area (Å²) in [6.45, 7) is 6.16. The van der Waals surface area contributed by atoms with Gasteiger partial charge in [-0.05, 0) is 36.8 Å². The highest BCUT2D eigenvalue weighted by molar-refractivity contribution is 5.90. The quantitative estimate of drug-likeness (QED) is 0.434. The van der Waals surface area contributed by atoms with E-state index in [9.17, 15) is 31.1 Å². The second kappa shape index (κ2) is 14.3. The van der Waals surface area contributed by atoms with Crippen LogP contribution in [-0.2, 0) is 28.0 Å². The highest BCUT2D eigenvalue weighted by Gasteiger charge is 2.52. The molecule has 0 radical (unpaired) electrons. The molecule has 2 aliphatic heterocycles. The molecule has 0 unspecified atom stereocenters. The maximum absolute atomic E-state index is 12.9. The molecule has 12 nitrogen and oxygen atoms in total. The summed E-state index contributed by atoms with van der Waals surface area (Å²) in [6, 6.07) is 3.99. The predicted octanol–water partition coefficient (Wildman–Crippen LogP) is 2.87. The number of alkyl halides is 6. The zero-order chi connectivity index (χ0) is 32.7. The minimum Gasteiger partial charge on any atom is -0.475 e. The van der Waals surface area contributed by atoms with Gasteiger partial charge in [-0.2, -0.15) is 26.3 Å². The molecule has 3 aliphatic rings.